The Balaban J connectivity index is 0. The van der Waals surface area contributed by atoms with Crippen LogP contribution in [0.5, 0.6) is 0 Å². The summed E-state index contributed by atoms with van der Waals surface area (Å²) < 4.78 is 0. The van der Waals surface area contributed by atoms with Gasteiger partial charge in [0.15, 0.2) is 0 Å². The van der Waals surface area contributed by atoms with Crippen molar-refractivity contribution in [2.75, 3.05) is 47.6 Å². The first kappa shape index (κ1) is 18.0. The Bertz CT molecular complexity index is 68.1. The van der Waals surface area contributed by atoms with E-state index < -0.39 is 0 Å². The van der Waals surface area contributed by atoms with Gasteiger partial charge in [-0.1, -0.05) is 0 Å². The quantitative estimate of drug-likeness (QED) is 0.340. The van der Waals surface area contributed by atoms with Gasteiger partial charge in [-0.25, -0.2) is 0 Å². The summed E-state index contributed by atoms with van der Waals surface area (Å²) >= 11 is 5.10. The first-order chi connectivity index (χ1) is 6.41. The number of nitrogens with two attached hydrogens (primary N) is 2. The van der Waals surface area contributed by atoms with Crippen LogP contribution in [-0.4, -0.2) is 47.6 Å². The molecule has 1 aliphatic heterocycles. The topological polar surface area (TPSA) is 52.0 Å². The Labute approximate surface area is 113 Å². The van der Waals surface area contributed by atoms with Crippen LogP contribution < -0.4 is 11.5 Å². The van der Waals surface area contributed by atoms with Gasteiger partial charge < -0.3 is 11.5 Å². The van der Waals surface area contributed by atoms with Crippen LogP contribution in [0.4, 0.5) is 0 Å². The summed E-state index contributed by atoms with van der Waals surface area (Å²) in [5.74, 6) is 8.73. The monoisotopic (exact) mass is 345 g/mol. The molecule has 6 heteroatoms. The number of hydrogen-bond acceptors (Lipinski definition) is 2. The molecule has 2 nitrogen and oxygen atoms in total. The van der Waals surface area contributed by atoms with Crippen LogP contribution >= 0.6 is 0 Å². The van der Waals surface area contributed by atoms with Crippen molar-refractivity contribution in [3.05, 3.63) is 0 Å². The maximum Gasteiger partial charge on any atom is 2.00 e. The number of thiol groups is 3. The molecule has 1 saturated heterocycles. The van der Waals surface area contributed by atoms with Gasteiger partial charge in [0, 0.05) is 13.1 Å². The van der Waals surface area contributed by atoms with Crippen molar-refractivity contribution in [2.24, 2.45) is 11.5 Å². The fraction of sp³-hybridized carbons (Fsp3) is 1.00. The summed E-state index contributed by atoms with van der Waals surface area (Å²) in [6.45, 7) is 1.19. The maximum absolute atomic E-state index is 4.90. The van der Waals surface area contributed by atoms with Crippen LogP contribution in [0.1, 0.15) is 0 Å². The summed E-state index contributed by atoms with van der Waals surface area (Å²) in [5.41, 5.74) is 9.81. The van der Waals surface area contributed by atoms with E-state index >= 15 is 0 Å². The van der Waals surface area contributed by atoms with E-state index in [1.165, 1.54) is 34.5 Å². The summed E-state index contributed by atoms with van der Waals surface area (Å²) in [5, 5.41) is 0. The van der Waals surface area contributed by atoms with Gasteiger partial charge in [0.05, 0.1) is 0 Å². The summed E-state index contributed by atoms with van der Waals surface area (Å²) in [4.78, 5) is 0. The van der Waals surface area contributed by atoms with E-state index in [-0.39, 0.29) is 19.5 Å². The largest absolute Gasteiger partial charge is 2.00 e. The molecule has 0 spiro atoms. The minimum absolute atomic E-state index is 0. The molecule has 0 atom stereocenters. The number of hydrogen-bond donors (Lipinski definition) is 2. The van der Waals surface area contributed by atoms with Gasteiger partial charge in [-0.3, -0.25) is 0 Å². The first-order valence-electron chi connectivity index (χ1n) is 4.71. The van der Waals surface area contributed by atoms with Crippen molar-refractivity contribution >= 4 is 35.3 Å². The molecular formula is C8H23N2RuS3+5. The van der Waals surface area contributed by atoms with Crippen molar-refractivity contribution in [1.29, 1.82) is 0 Å². The Morgan fingerprint density at radius 2 is 0.857 bits per heavy atom. The van der Waals surface area contributed by atoms with Gasteiger partial charge in [-0.15, -0.1) is 0 Å². The van der Waals surface area contributed by atoms with Crippen molar-refractivity contribution in [3.8, 4) is 0 Å². The van der Waals surface area contributed by atoms with Crippen LogP contribution in [0.2, 0.25) is 0 Å². The van der Waals surface area contributed by atoms with E-state index in [9.17, 15) is 0 Å². The summed E-state index contributed by atoms with van der Waals surface area (Å²) in [7, 11) is 0. The van der Waals surface area contributed by atoms with Crippen molar-refractivity contribution < 1.29 is 19.5 Å². The van der Waals surface area contributed by atoms with Crippen molar-refractivity contribution in [3.63, 3.8) is 0 Å². The molecule has 0 saturated carbocycles. The normalized spacial score (nSPS) is 17.6. The Hall–Kier alpha value is 1.59. The van der Waals surface area contributed by atoms with E-state index in [1.54, 1.807) is 35.3 Å². The molecular weight excluding hydrogens is 321 g/mol. The van der Waals surface area contributed by atoms with E-state index in [4.69, 9.17) is 11.5 Å². The molecule has 0 aromatic carbocycles. The zero-order chi connectivity index (χ0) is 9.78. The molecule has 1 fully saturated rings. The molecule has 0 bridgehead atoms. The Morgan fingerprint density at radius 1 is 0.643 bits per heavy atom. The standard InChI is InChI=1S/C6H12S3.C2H8N2.Ru/c1-2-8-5-6-9-4-3-7-1;3-1-2-4;/h1-6H2;1-4H2;/q;;+2/p+3. The molecule has 1 rings (SSSR count). The maximum atomic E-state index is 4.90. The molecule has 0 aliphatic carbocycles. The third kappa shape index (κ3) is 16.0. The second kappa shape index (κ2) is 17.0. The molecule has 1 heterocycles. The third-order valence-electron chi connectivity index (χ3n) is 1.42. The fourth-order valence-corrected chi connectivity index (χ4v) is 4.82. The smallest absolute Gasteiger partial charge is 0.329 e. The van der Waals surface area contributed by atoms with Crippen molar-refractivity contribution in [1.82, 2.24) is 0 Å². The zero-order valence-electron chi connectivity index (χ0n) is 8.51. The minimum Gasteiger partial charge on any atom is -0.329 e. The van der Waals surface area contributed by atoms with Crippen LogP contribution in [-0.2, 0) is 54.8 Å². The Kier molecular flexibility index (Phi) is 21.8. The SMILES string of the molecule is C1C[SH+]CC[SH+]CC[SH+]1.NCCN.[Ru+2]. The predicted molar refractivity (Wildman–Crippen MR) is 73.6 cm³/mol. The third-order valence-corrected chi connectivity index (χ3v) is 5.71. The fourth-order valence-electron chi connectivity index (χ4n) is 0.760. The average molecular weight is 345 g/mol. The molecule has 1 aliphatic rings. The van der Waals surface area contributed by atoms with Crippen molar-refractivity contribution in [2.45, 2.75) is 0 Å². The summed E-state index contributed by atoms with van der Waals surface area (Å²) in [6.07, 6.45) is 0. The first-order valence-corrected chi connectivity index (χ1v) is 8.51. The molecule has 4 N–H and O–H groups in total. The van der Waals surface area contributed by atoms with E-state index in [2.05, 4.69) is 0 Å². The van der Waals surface area contributed by atoms with Gasteiger partial charge in [-0.2, -0.15) is 0 Å². The zero-order valence-corrected chi connectivity index (χ0v) is 12.9. The van der Waals surface area contributed by atoms with Crippen LogP contribution in [0, 0.1) is 0 Å². The molecule has 0 unspecified atom stereocenters. The van der Waals surface area contributed by atoms with Gasteiger partial charge >= 0.3 is 19.5 Å². The van der Waals surface area contributed by atoms with Crippen LogP contribution in [0.3, 0.4) is 0 Å². The second-order valence-corrected chi connectivity index (χ2v) is 6.61. The van der Waals surface area contributed by atoms with Crippen LogP contribution in [0.25, 0.3) is 0 Å². The van der Waals surface area contributed by atoms with Gasteiger partial charge in [0.1, 0.15) is 34.5 Å². The van der Waals surface area contributed by atoms with E-state index in [1.807, 2.05) is 0 Å². The average Bonchev–Trinajstić information content (AvgIpc) is 2.33. The molecule has 0 aromatic rings. The number of rotatable bonds is 1. The second-order valence-electron chi connectivity index (χ2n) is 2.59. The van der Waals surface area contributed by atoms with E-state index in [0.717, 1.165) is 0 Å². The van der Waals surface area contributed by atoms with Gasteiger partial charge in [0.2, 0.25) is 0 Å². The molecule has 0 amide bonds. The van der Waals surface area contributed by atoms with Gasteiger partial charge in [-0.05, 0) is 35.3 Å². The summed E-state index contributed by atoms with van der Waals surface area (Å²) in [6, 6.07) is 0. The van der Waals surface area contributed by atoms with E-state index in [0.29, 0.717) is 13.1 Å². The molecule has 86 valence electrons. The predicted octanol–water partition coefficient (Wildman–Crippen LogP) is -1.65. The van der Waals surface area contributed by atoms with Crippen LogP contribution in [0.15, 0.2) is 0 Å². The molecule has 0 aromatic heterocycles. The minimum atomic E-state index is 0. The van der Waals surface area contributed by atoms with Gasteiger partial charge in [0.25, 0.3) is 0 Å². The molecule has 0 radical (unpaired) electrons. The Morgan fingerprint density at radius 3 is 1.00 bits per heavy atom. The molecule has 14 heavy (non-hydrogen) atoms.